The molecule has 0 saturated carbocycles. The van der Waals surface area contributed by atoms with Gasteiger partial charge in [-0.15, -0.1) is 0 Å². The summed E-state index contributed by atoms with van der Waals surface area (Å²) in [6, 6.07) is 25.8. The zero-order valence-corrected chi connectivity index (χ0v) is 18.8. The van der Waals surface area contributed by atoms with Crippen molar-refractivity contribution in [2.75, 3.05) is 0 Å². The Bertz CT molecular complexity index is 1470. The molecular weight excluding hydrogens is 428 g/mol. The van der Waals surface area contributed by atoms with Gasteiger partial charge in [-0.05, 0) is 54.6 Å². The molecule has 3 aromatic carbocycles. The van der Waals surface area contributed by atoms with Crippen LogP contribution in [0.5, 0.6) is 0 Å². The Balaban J connectivity index is 1.48. The predicted molar refractivity (Wildman–Crippen MR) is 134 cm³/mol. The first-order valence-electron chi connectivity index (χ1n) is 10.5. The van der Waals surface area contributed by atoms with E-state index in [0.29, 0.717) is 22.2 Å². The summed E-state index contributed by atoms with van der Waals surface area (Å²) in [5.74, 6) is -0.155. The number of benzene rings is 3. The Morgan fingerprint density at radius 1 is 1.06 bits per heavy atom. The van der Waals surface area contributed by atoms with Gasteiger partial charge in [-0.25, -0.2) is 4.99 Å². The van der Waals surface area contributed by atoms with E-state index in [0.717, 1.165) is 33.3 Å². The smallest absolute Gasteiger partial charge is 0.264 e. The molecule has 1 amide bonds. The number of amides is 1. The molecule has 0 spiro atoms. The number of para-hydroxylation sites is 1. The lowest BCUT2D eigenvalue weighted by atomic mass is 10.1. The maximum atomic E-state index is 12.6. The van der Waals surface area contributed by atoms with Gasteiger partial charge in [0.25, 0.3) is 5.91 Å². The quantitative estimate of drug-likeness (QED) is 0.404. The number of nitriles is 1. The third-order valence-corrected chi connectivity index (χ3v) is 6.41. The van der Waals surface area contributed by atoms with E-state index in [4.69, 9.17) is 0 Å². The first-order chi connectivity index (χ1) is 16.1. The average molecular weight is 449 g/mol. The summed E-state index contributed by atoms with van der Waals surface area (Å²) >= 11 is 1.34. The number of carbonyl (C=O) groups is 1. The summed E-state index contributed by atoms with van der Waals surface area (Å²) in [6.45, 7) is 2.60. The van der Waals surface area contributed by atoms with Crippen LogP contribution in [0.1, 0.15) is 22.3 Å². The minimum absolute atomic E-state index is 0.155. The minimum Gasteiger partial charge on any atom is -0.342 e. The number of carbonyl (C=O) groups excluding carboxylic acids is 1. The molecular formula is C27H20N4OS. The molecule has 0 unspecified atom stereocenters. The van der Waals surface area contributed by atoms with Crippen molar-refractivity contribution < 1.29 is 4.79 Å². The van der Waals surface area contributed by atoms with Crippen LogP contribution in [0.2, 0.25) is 0 Å². The minimum atomic E-state index is -0.155. The van der Waals surface area contributed by atoms with Gasteiger partial charge < -0.3 is 9.88 Å². The summed E-state index contributed by atoms with van der Waals surface area (Å²) in [6.07, 6.45) is 3.95. The lowest BCUT2D eigenvalue weighted by molar-refractivity contribution is -0.115. The molecule has 6 heteroatoms. The monoisotopic (exact) mass is 448 g/mol. The van der Waals surface area contributed by atoms with Crippen LogP contribution in [-0.4, -0.2) is 15.6 Å². The fourth-order valence-corrected chi connectivity index (χ4v) is 4.66. The zero-order chi connectivity index (χ0) is 22.8. The Morgan fingerprint density at radius 3 is 2.64 bits per heavy atom. The van der Waals surface area contributed by atoms with Gasteiger partial charge >= 0.3 is 0 Å². The highest BCUT2D eigenvalue weighted by Crippen LogP contribution is 2.31. The zero-order valence-electron chi connectivity index (χ0n) is 17.9. The predicted octanol–water partition coefficient (Wildman–Crippen LogP) is 5.76. The van der Waals surface area contributed by atoms with Crippen LogP contribution in [0.4, 0.5) is 5.69 Å². The Hall–Kier alpha value is -4.08. The second kappa shape index (κ2) is 8.81. The van der Waals surface area contributed by atoms with Crippen LogP contribution < -0.4 is 5.32 Å². The molecule has 0 radical (unpaired) electrons. The van der Waals surface area contributed by atoms with Crippen molar-refractivity contribution in [3.63, 3.8) is 0 Å². The number of amidine groups is 1. The number of hydrogen-bond donors (Lipinski definition) is 1. The molecule has 33 heavy (non-hydrogen) atoms. The highest BCUT2D eigenvalue weighted by Gasteiger charge is 2.24. The van der Waals surface area contributed by atoms with E-state index in [9.17, 15) is 10.1 Å². The van der Waals surface area contributed by atoms with Crippen LogP contribution in [0.3, 0.4) is 0 Å². The van der Waals surface area contributed by atoms with Crippen LogP contribution in [0, 0.1) is 18.3 Å². The van der Waals surface area contributed by atoms with Crippen LogP contribution in [0.15, 0.2) is 88.9 Å². The van der Waals surface area contributed by atoms with Crippen molar-refractivity contribution in [1.82, 2.24) is 9.88 Å². The summed E-state index contributed by atoms with van der Waals surface area (Å²) in [5, 5.41) is 13.9. The van der Waals surface area contributed by atoms with E-state index in [1.807, 2.05) is 85.9 Å². The van der Waals surface area contributed by atoms with E-state index < -0.39 is 0 Å². The van der Waals surface area contributed by atoms with Crippen molar-refractivity contribution in [3.8, 4) is 6.07 Å². The molecule has 5 nitrogen and oxygen atoms in total. The molecule has 1 saturated heterocycles. The van der Waals surface area contributed by atoms with E-state index in [1.54, 1.807) is 0 Å². The maximum Gasteiger partial charge on any atom is 0.264 e. The topological polar surface area (TPSA) is 70.2 Å². The number of aromatic nitrogens is 1. The SMILES string of the molecule is Cc1ccc(N=C2NC(=O)/C(=C\c3cn(Cc4ccccc4C#N)c4ccccc34)S2)cc1. The molecule has 0 atom stereocenters. The van der Waals surface area contributed by atoms with Gasteiger partial charge in [-0.2, -0.15) is 5.26 Å². The van der Waals surface area contributed by atoms with Crippen LogP contribution >= 0.6 is 11.8 Å². The van der Waals surface area contributed by atoms with Gasteiger partial charge in [-0.3, -0.25) is 4.79 Å². The van der Waals surface area contributed by atoms with Crippen LogP contribution in [-0.2, 0) is 11.3 Å². The Morgan fingerprint density at radius 2 is 1.82 bits per heavy atom. The second-order valence-electron chi connectivity index (χ2n) is 7.82. The highest BCUT2D eigenvalue weighted by atomic mass is 32.2. The molecule has 1 aliphatic heterocycles. The molecule has 1 aliphatic rings. The number of aliphatic imine (C=N–C) groups is 1. The van der Waals surface area contributed by atoms with Gasteiger partial charge in [0.15, 0.2) is 5.17 Å². The third-order valence-electron chi connectivity index (χ3n) is 5.50. The number of nitrogens with zero attached hydrogens (tertiary/aromatic N) is 3. The molecule has 160 valence electrons. The van der Waals surface area contributed by atoms with Gasteiger partial charge in [0.2, 0.25) is 0 Å². The summed E-state index contributed by atoms with van der Waals surface area (Å²) in [7, 11) is 0. The van der Waals surface area contributed by atoms with Crippen LogP contribution in [0.25, 0.3) is 17.0 Å². The standard InChI is InChI=1S/C27H20N4OS/c1-18-10-12-22(13-11-18)29-27-30-26(32)25(33-27)14-21-17-31(24-9-5-4-8-23(21)24)16-20-7-3-2-6-19(20)15-28/h2-14,17H,16H2,1H3,(H,29,30,32)/b25-14+. The lowest BCUT2D eigenvalue weighted by Gasteiger charge is -2.07. The van der Waals surface area contributed by atoms with Gasteiger partial charge in [-0.1, -0.05) is 54.1 Å². The molecule has 5 rings (SSSR count). The normalized spacial score (nSPS) is 15.8. The Labute approximate surface area is 196 Å². The molecule has 4 aromatic rings. The number of thioether (sulfide) groups is 1. The second-order valence-corrected chi connectivity index (χ2v) is 8.85. The first-order valence-corrected chi connectivity index (χ1v) is 11.3. The molecule has 1 N–H and O–H groups in total. The maximum absolute atomic E-state index is 12.6. The summed E-state index contributed by atoms with van der Waals surface area (Å²) in [5.41, 5.74) is 5.59. The highest BCUT2D eigenvalue weighted by molar-refractivity contribution is 8.18. The summed E-state index contributed by atoms with van der Waals surface area (Å²) in [4.78, 5) is 17.8. The molecule has 0 bridgehead atoms. The fraction of sp³-hybridized carbons (Fsp3) is 0.0741. The third kappa shape index (κ3) is 4.32. The molecule has 1 aromatic heterocycles. The number of rotatable bonds is 4. The van der Waals surface area contributed by atoms with Gasteiger partial charge in [0, 0.05) is 29.2 Å². The lowest BCUT2D eigenvalue weighted by Crippen LogP contribution is -2.19. The van der Waals surface area contributed by atoms with Crippen molar-refractivity contribution in [1.29, 1.82) is 5.26 Å². The van der Waals surface area contributed by atoms with Gasteiger partial charge in [0.1, 0.15) is 0 Å². The van der Waals surface area contributed by atoms with Crippen molar-refractivity contribution in [2.45, 2.75) is 13.5 Å². The largest absolute Gasteiger partial charge is 0.342 e. The number of nitrogens with one attached hydrogen (secondary N) is 1. The first kappa shape index (κ1) is 20.8. The summed E-state index contributed by atoms with van der Waals surface area (Å²) < 4.78 is 2.12. The molecule has 0 aliphatic carbocycles. The number of fused-ring (bicyclic) bond motifs is 1. The number of hydrogen-bond acceptors (Lipinski definition) is 4. The van der Waals surface area contributed by atoms with Crippen molar-refractivity contribution in [3.05, 3.63) is 106 Å². The van der Waals surface area contributed by atoms with E-state index in [1.165, 1.54) is 11.8 Å². The number of aryl methyl sites for hydroxylation is 1. The average Bonchev–Trinajstić information content (AvgIpc) is 3.35. The van der Waals surface area contributed by atoms with Gasteiger partial charge in [0.05, 0.1) is 22.2 Å². The van der Waals surface area contributed by atoms with Crippen molar-refractivity contribution >= 4 is 45.5 Å². The van der Waals surface area contributed by atoms with E-state index in [-0.39, 0.29) is 5.91 Å². The Kier molecular flexibility index (Phi) is 5.55. The van der Waals surface area contributed by atoms with E-state index in [2.05, 4.69) is 27.0 Å². The van der Waals surface area contributed by atoms with E-state index >= 15 is 0 Å². The van der Waals surface area contributed by atoms with Crippen molar-refractivity contribution in [2.24, 2.45) is 4.99 Å². The molecule has 2 heterocycles. The molecule has 1 fully saturated rings. The fourth-order valence-electron chi connectivity index (χ4n) is 3.83.